The molecule has 0 saturated heterocycles. The van der Waals surface area contributed by atoms with Gasteiger partial charge in [0.1, 0.15) is 0 Å². The molecule has 0 radical (unpaired) electrons. The van der Waals surface area contributed by atoms with Crippen molar-refractivity contribution in [2.24, 2.45) is 5.73 Å². The fourth-order valence-corrected chi connectivity index (χ4v) is 2.51. The van der Waals surface area contributed by atoms with Crippen LogP contribution in [0.5, 0.6) is 0 Å². The van der Waals surface area contributed by atoms with Gasteiger partial charge >= 0.3 is 0 Å². The van der Waals surface area contributed by atoms with E-state index in [9.17, 15) is 0 Å². The second kappa shape index (κ2) is 5.47. The molecule has 0 bridgehead atoms. The molecule has 0 fully saturated rings. The third-order valence-corrected chi connectivity index (χ3v) is 3.52. The number of aryl methyl sites for hydroxylation is 1. The molecule has 2 rings (SSSR count). The fraction of sp³-hybridized carbons (Fsp3) is 0.308. The van der Waals surface area contributed by atoms with E-state index in [1.165, 1.54) is 11.1 Å². The lowest BCUT2D eigenvalue weighted by Gasteiger charge is -2.16. The Morgan fingerprint density at radius 1 is 1.41 bits per heavy atom. The standard InChI is InChI=1S/C13H16BrN3/c1-10-7-16-17(8-10)9-11(6-15)12-4-2-3-5-13(12)14/h2-5,7-8,11H,6,9,15H2,1H3. The molecule has 0 amide bonds. The van der Waals surface area contributed by atoms with E-state index in [2.05, 4.69) is 27.1 Å². The van der Waals surface area contributed by atoms with Crippen molar-refractivity contribution in [3.8, 4) is 0 Å². The summed E-state index contributed by atoms with van der Waals surface area (Å²) in [7, 11) is 0. The highest BCUT2D eigenvalue weighted by molar-refractivity contribution is 9.10. The Morgan fingerprint density at radius 3 is 2.76 bits per heavy atom. The van der Waals surface area contributed by atoms with Crippen molar-refractivity contribution in [1.82, 2.24) is 9.78 Å². The van der Waals surface area contributed by atoms with Gasteiger partial charge in [-0.15, -0.1) is 0 Å². The molecular weight excluding hydrogens is 278 g/mol. The Labute approximate surface area is 110 Å². The SMILES string of the molecule is Cc1cnn(CC(CN)c2ccccc2Br)c1. The highest BCUT2D eigenvalue weighted by Crippen LogP contribution is 2.25. The van der Waals surface area contributed by atoms with Gasteiger partial charge in [0.25, 0.3) is 0 Å². The lowest BCUT2D eigenvalue weighted by atomic mass is 9.99. The Balaban J connectivity index is 2.20. The molecule has 3 nitrogen and oxygen atoms in total. The number of halogens is 1. The summed E-state index contributed by atoms with van der Waals surface area (Å²) in [4.78, 5) is 0. The largest absolute Gasteiger partial charge is 0.330 e. The molecule has 1 aromatic carbocycles. The van der Waals surface area contributed by atoms with E-state index in [1.807, 2.05) is 42.2 Å². The predicted molar refractivity (Wildman–Crippen MR) is 72.9 cm³/mol. The van der Waals surface area contributed by atoms with Gasteiger partial charge in [-0.1, -0.05) is 34.1 Å². The van der Waals surface area contributed by atoms with Gasteiger partial charge in [0.15, 0.2) is 0 Å². The molecular formula is C13H16BrN3. The second-order valence-corrected chi connectivity index (χ2v) is 5.05. The normalized spacial score (nSPS) is 12.6. The lowest BCUT2D eigenvalue weighted by Crippen LogP contribution is -2.19. The van der Waals surface area contributed by atoms with Gasteiger partial charge in [-0.2, -0.15) is 5.10 Å². The van der Waals surface area contributed by atoms with Crippen molar-refractivity contribution < 1.29 is 0 Å². The second-order valence-electron chi connectivity index (χ2n) is 4.19. The van der Waals surface area contributed by atoms with E-state index < -0.39 is 0 Å². The zero-order chi connectivity index (χ0) is 12.3. The predicted octanol–water partition coefficient (Wildman–Crippen LogP) is 2.70. The molecule has 90 valence electrons. The van der Waals surface area contributed by atoms with Crippen LogP contribution in [0.25, 0.3) is 0 Å². The molecule has 0 aliphatic heterocycles. The molecule has 1 atom stereocenters. The topological polar surface area (TPSA) is 43.8 Å². The van der Waals surface area contributed by atoms with Crippen LogP contribution in [0.3, 0.4) is 0 Å². The highest BCUT2D eigenvalue weighted by atomic mass is 79.9. The summed E-state index contributed by atoms with van der Waals surface area (Å²) < 4.78 is 3.06. The quantitative estimate of drug-likeness (QED) is 0.942. The summed E-state index contributed by atoms with van der Waals surface area (Å²) in [5.41, 5.74) is 8.28. The zero-order valence-corrected chi connectivity index (χ0v) is 11.4. The maximum atomic E-state index is 5.87. The smallest absolute Gasteiger partial charge is 0.0518 e. The molecule has 2 N–H and O–H groups in total. The number of nitrogens with zero attached hydrogens (tertiary/aromatic N) is 2. The fourth-order valence-electron chi connectivity index (χ4n) is 1.90. The van der Waals surface area contributed by atoms with E-state index in [1.54, 1.807) is 0 Å². The van der Waals surface area contributed by atoms with E-state index in [-0.39, 0.29) is 5.92 Å². The van der Waals surface area contributed by atoms with Crippen molar-refractivity contribution >= 4 is 15.9 Å². The van der Waals surface area contributed by atoms with Crippen LogP contribution >= 0.6 is 15.9 Å². The highest BCUT2D eigenvalue weighted by Gasteiger charge is 2.13. The molecule has 2 aromatic rings. The maximum Gasteiger partial charge on any atom is 0.0518 e. The molecule has 1 heterocycles. The van der Waals surface area contributed by atoms with Crippen molar-refractivity contribution in [3.63, 3.8) is 0 Å². The number of hydrogen-bond acceptors (Lipinski definition) is 2. The van der Waals surface area contributed by atoms with Crippen molar-refractivity contribution in [3.05, 3.63) is 52.3 Å². The number of aromatic nitrogens is 2. The Bertz CT molecular complexity index is 493. The van der Waals surface area contributed by atoms with Gasteiger partial charge in [-0.3, -0.25) is 4.68 Å². The minimum Gasteiger partial charge on any atom is -0.330 e. The molecule has 0 saturated carbocycles. The molecule has 0 spiro atoms. The van der Waals surface area contributed by atoms with E-state index in [4.69, 9.17) is 5.73 Å². The average Bonchev–Trinajstić information content (AvgIpc) is 2.73. The van der Waals surface area contributed by atoms with Gasteiger partial charge in [0.05, 0.1) is 6.20 Å². The zero-order valence-electron chi connectivity index (χ0n) is 9.81. The number of hydrogen-bond donors (Lipinski definition) is 1. The summed E-state index contributed by atoms with van der Waals surface area (Å²) in [6.07, 6.45) is 3.91. The van der Waals surface area contributed by atoms with Gasteiger partial charge in [-0.05, 0) is 24.1 Å². The summed E-state index contributed by atoms with van der Waals surface area (Å²) in [6, 6.07) is 8.21. The van der Waals surface area contributed by atoms with Crippen LogP contribution in [0.2, 0.25) is 0 Å². The van der Waals surface area contributed by atoms with Gasteiger partial charge in [0.2, 0.25) is 0 Å². The van der Waals surface area contributed by atoms with Gasteiger partial charge in [0, 0.05) is 29.7 Å². The third-order valence-electron chi connectivity index (χ3n) is 2.80. The van der Waals surface area contributed by atoms with E-state index in [0.717, 1.165) is 11.0 Å². The molecule has 0 aliphatic carbocycles. The Kier molecular flexibility index (Phi) is 3.97. The first-order valence-electron chi connectivity index (χ1n) is 5.64. The number of rotatable bonds is 4. The summed E-state index contributed by atoms with van der Waals surface area (Å²) in [6.45, 7) is 3.47. The van der Waals surface area contributed by atoms with Crippen LogP contribution in [0, 0.1) is 6.92 Å². The summed E-state index contributed by atoms with van der Waals surface area (Å²) >= 11 is 3.57. The lowest BCUT2D eigenvalue weighted by molar-refractivity contribution is 0.520. The molecule has 4 heteroatoms. The van der Waals surface area contributed by atoms with Crippen LogP contribution in [0.15, 0.2) is 41.1 Å². The van der Waals surface area contributed by atoms with Crippen LogP contribution in [-0.2, 0) is 6.54 Å². The van der Waals surface area contributed by atoms with Crippen LogP contribution < -0.4 is 5.73 Å². The molecule has 0 aliphatic rings. The minimum absolute atomic E-state index is 0.282. The molecule has 1 aromatic heterocycles. The van der Waals surface area contributed by atoms with E-state index in [0.29, 0.717) is 6.54 Å². The first kappa shape index (κ1) is 12.3. The number of nitrogens with two attached hydrogens (primary N) is 1. The summed E-state index contributed by atoms with van der Waals surface area (Å²) in [5.74, 6) is 0.282. The van der Waals surface area contributed by atoms with Gasteiger partial charge < -0.3 is 5.73 Å². The van der Waals surface area contributed by atoms with Crippen LogP contribution in [-0.4, -0.2) is 16.3 Å². The first-order valence-corrected chi connectivity index (χ1v) is 6.43. The van der Waals surface area contributed by atoms with Crippen molar-refractivity contribution in [1.29, 1.82) is 0 Å². The van der Waals surface area contributed by atoms with Crippen molar-refractivity contribution in [2.75, 3.05) is 6.54 Å². The van der Waals surface area contributed by atoms with E-state index >= 15 is 0 Å². The van der Waals surface area contributed by atoms with Crippen LogP contribution in [0.4, 0.5) is 0 Å². The maximum absolute atomic E-state index is 5.87. The average molecular weight is 294 g/mol. The third kappa shape index (κ3) is 2.96. The Hall–Kier alpha value is -1.13. The van der Waals surface area contributed by atoms with Crippen molar-refractivity contribution in [2.45, 2.75) is 19.4 Å². The molecule has 17 heavy (non-hydrogen) atoms. The Morgan fingerprint density at radius 2 is 2.18 bits per heavy atom. The van der Waals surface area contributed by atoms with Crippen LogP contribution in [0.1, 0.15) is 17.0 Å². The monoisotopic (exact) mass is 293 g/mol. The molecule has 1 unspecified atom stereocenters. The first-order chi connectivity index (χ1) is 8.20. The summed E-state index contributed by atoms with van der Waals surface area (Å²) in [5, 5.41) is 4.30. The minimum atomic E-state index is 0.282. The number of benzene rings is 1. The van der Waals surface area contributed by atoms with Gasteiger partial charge in [-0.25, -0.2) is 0 Å².